The molecule has 9 aromatic rings. The summed E-state index contributed by atoms with van der Waals surface area (Å²) in [5.41, 5.74) is 10.4. The van der Waals surface area contributed by atoms with E-state index < -0.39 is 0 Å². The molecule has 0 saturated carbocycles. The zero-order valence-corrected chi connectivity index (χ0v) is 29.8. The molecule has 0 aliphatic carbocycles. The second-order valence-corrected chi connectivity index (χ2v) is 13.8. The summed E-state index contributed by atoms with van der Waals surface area (Å²) in [6, 6.07) is 50.0. The SMILES string of the molecule is CCCCc1ccc2c(c1)c1cc3c(cc1n2-c1ccccc1)c1cc(CCCC)ccc1n3-c1nc(-c2ccccc2)nc(-c2ccccc2)n1. The molecule has 0 bridgehead atoms. The van der Waals surface area contributed by atoms with Crippen molar-refractivity contribution in [2.75, 3.05) is 0 Å². The van der Waals surface area contributed by atoms with Crippen molar-refractivity contribution in [2.24, 2.45) is 0 Å². The number of hydrogen-bond donors (Lipinski definition) is 0. The van der Waals surface area contributed by atoms with Crippen molar-refractivity contribution in [1.29, 1.82) is 0 Å². The lowest BCUT2D eigenvalue weighted by molar-refractivity contribution is 0.796. The Morgan fingerprint density at radius 1 is 0.423 bits per heavy atom. The van der Waals surface area contributed by atoms with E-state index in [1.54, 1.807) is 0 Å². The normalized spacial score (nSPS) is 11.7. The molecule has 5 heteroatoms. The molecule has 0 N–H and O–H groups in total. The smallest absolute Gasteiger partial charge is 0.238 e. The zero-order valence-electron chi connectivity index (χ0n) is 29.8. The number of benzene rings is 6. The minimum atomic E-state index is 0.615. The van der Waals surface area contributed by atoms with Gasteiger partial charge in [0.25, 0.3) is 0 Å². The number of aromatic nitrogens is 5. The minimum absolute atomic E-state index is 0.615. The second kappa shape index (κ2) is 13.6. The fraction of sp³-hybridized carbons (Fsp3) is 0.170. The van der Waals surface area contributed by atoms with Crippen LogP contribution in [-0.2, 0) is 12.8 Å². The Morgan fingerprint density at radius 3 is 1.37 bits per heavy atom. The first kappa shape index (κ1) is 31.9. The number of aryl methyl sites for hydroxylation is 2. The molecule has 3 heterocycles. The van der Waals surface area contributed by atoms with Crippen LogP contribution in [0.1, 0.15) is 50.7 Å². The molecule has 0 atom stereocenters. The van der Waals surface area contributed by atoms with E-state index in [1.807, 2.05) is 36.4 Å². The maximum absolute atomic E-state index is 5.22. The molecule has 0 aliphatic rings. The van der Waals surface area contributed by atoms with Crippen LogP contribution in [0.25, 0.3) is 78.0 Å². The lowest BCUT2D eigenvalue weighted by atomic mass is 10.0. The molecule has 0 spiro atoms. The Bertz CT molecular complexity index is 2630. The molecule has 0 radical (unpaired) electrons. The highest BCUT2D eigenvalue weighted by Crippen LogP contribution is 2.40. The molecule has 0 amide bonds. The van der Waals surface area contributed by atoms with Crippen LogP contribution >= 0.6 is 0 Å². The van der Waals surface area contributed by atoms with Gasteiger partial charge in [0, 0.05) is 38.4 Å². The first-order valence-electron chi connectivity index (χ1n) is 18.7. The largest absolute Gasteiger partial charge is 0.309 e. The molecule has 52 heavy (non-hydrogen) atoms. The van der Waals surface area contributed by atoms with Crippen LogP contribution in [0, 0.1) is 0 Å². The molecule has 9 rings (SSSR count). The topological polar surface area (TPSA) is 48.5 Å². The lowest BCUT2D eigenvalue weighted by Gasteiger charge is -2.11. The summed E-state index contributed by atoms with van der Waals surface area (Å²) in [6.45, 7) is 4.52. The molecule has 0 saturated heterocycles. The monoisotopic (exact) mass is 675 g/mol. The van der Waals surface area contributed by atoms with E-state index in [0.29, 0.717) is 17.6 Å². The molecule has 0 fully saturated rings. The zero-order chi connectivity index (χ0) is 35.0. The molecular formula is C47H41N5. The van der Waals surface area contributed by atoms with Crippen LogP contribution in [0.4, 0.5) is 0 Å². The van der Waals surface area contributed by atoms with Gasteiger partial charge in [-0.25, -0.2) is 4.98 Å². The summed E-state index contributed by atoms with van der Waals surface area (Å²) in [5.74, 6) is 1.92. The van der Waals surface area contributed by atoms with Gasteiger partial charge in [-0.2, -0.15) is 9.97 Å². The highest BCUT2D eigenvalue weighted by molar-refractivity contribution is 6.19. The van der Waals surface area contributed by atoms with Gasteiger partial charge in [0.2, 0.25) is 5.95 Å². The fourth-order valence-electron chi connectivity index (χ4n) is 7.67. The second-order valence-electron chi connectivity index (χ2n) is 13.8. The number of hydrogen-bond acceptors (Lipinski definition) is 3. The van der Waals surface area contributed by atoms with Crippen LogP contribution < -0.4 is 0 Å². The number of rotatable bonds is 10. The summed E-state index contributed by atoms with van der Waals surface area (Å²) in [6.07, 6.45) is 6.79. The van der Waals surface area contributed by atoms with Crippen molar-refractivity contribution in [3.63, 3.8) is 0 Å². The summed E-state index contributed by atoms with van der Waals surface area (Å²) < 4.78 is 4.70. The van der Waals surface area contributed by atoms with Crippen molar-refractivity contribution in [3.8, 4) is 34.4 Å². The first-order valence-corrected chi connectivity index (χ1v) is 18.7. The summed E-state index contributed by atoms with van der Waals surface area (Å²) >= 11 is 0. The van der Waals surface area contributed by atoms with Gasteiger partial charge in [-0.05, 0) is 85.3 Å². The maximum Gasteiger partial charge on any atom is 0.238 e. The van der Waals surface area contributed by atoms with E-state index in [0.717, 1.165) is 53.5 Å². The number of fused-ring (bicyclic) bond motifs is 6. The van der Waals surface area contributed by atoms with Crippen LogP contribution in [-0.4, -0.2) is 24.1 Å². The molecule has 5 nitrogen and oxygen atoms in total. The van der Waals surface area contributed by atoms with Crippen LogP contribution in [0.15, 0.2) is 140 Å². The van der Waals surface area contributed by atoms with E-state index >= 15 is 0 Å². The van der Waals surface area contributed by atoms with E-state index in [9.17, 15) is 0 Å². The third-order valence-corrected chi connectivity index (χ3v) is 10.3. The Morgan fingerprint density at radius 2 is 0.865 bits per heavy atom. The van der Waals surface area contributed by atoms with Gasteiger partial charge < -0.3 is 4.57 Å². The van der Waals surface area contributed by atoms with Crippen molar-refractivity contribution in [2.45, 2.75) is 52.4 Å². The molecule has 0 aliphatic heterocycles. The summed E-state index contributed by atoms with van der Waals surface area (Å²) in [7, 11) is 0. The summed E-state index contributed by atoms with van der Waals surface area (Å²) in [5, 5.41) is 4.89. The molecular weight excluding hydrogens is 635 g/mol. The van der Waals surface area contributed by atoms with Crippen molar-refractivity contribution in [3.05, 3.63) is 151 Å². The van der Waals surface area contributed by atoms with Gasteiger partial charge in [-0.15, -0.1) is 0 Å². The highest BCUT2D eigenvalue weighted by Gasteiger charge is 2.22. The summed E-state index contributed by atoms with van der Waals surface area (Å²) in [4.78, 5) is 15.5. The predicted molar refractivity (Wildman–Crippen MR) is 217 cm³/mol. The first-order chi connectivity index (χ1) is 25.7. The Kier molecular flexibility index (Phi) is 8.32. The Balaban J connectivity index is 1.39. The van der Waals surface area contributed by atoms with Crippen LogP contribution in [0.3, 0.4) is 0 Å². The Hall–Kier alpha value is -6.07. The number of para-hydroxylation sites is 1. The van der Waals surface area contributed by atoms with E-state index in [4.69, 9.17) is 15.0 Å². The van der Waals surface area contributed by atoms with Gasteiger partial charge in [0.15, 0.2) is 11.6 Å². The van der Waals surface area contributed by atoms with Crippen LogP contribution in [0.5, 0.6) is 0 Å². The van der Waals surface area contributed by atoms with Crippen molar-refractivity contribution in [1.82, 2.24) is 24.1 Å². The Labute approximate surface area is 304 Å². The predicted octanol–water partition coefficient (Wildman–Crippen LogP) is 12.1. The van der Waals surface area contributed by atoms with E-state index in [1.165, 1.54) is 56.5 Å². The van der Waals surface area contributed by atoms with Gasteiger partial charge in [0.1, 0.15) is 0 Å². The molecule has 6 aromatic carbocycles. The van der Waals surface area contributed by atoms with Gasteiger partial charge in [-0.1, -0.05) is 118 Å². The van der Waals surface area contributed by atoms with Crippen molar-refractivity contribution >= 4 is 43.6 Å². The fourth-order valence-corrected chi connectivity index (χ4v) is 7.67. The van der Waals surface area contributed by atoms with E-state index in [-0.39, 0.29) is 0 Å². The van der Waals surface area contributed by atoms with Crippen LogP contribution in [0.2, 0.25) is 0 Å². The highest BCUT2D eigenvalue weighted by atomic mass is 15.2. The standard InChI is InChI=1S/C47H41N5/c1-3-5-16-32-24-26-41-37(28-32)39-31-44-40(30-43(39)51(41)36-22-14-9-15-23-36)38-29-33(17-6-4-2)25-27-42(38)52(44)47-49-45(34-18-10-7-11-19-34)48-46(50-47)35-20-12-8-13-21-35/h7-15,18-31H,3-6,16-17H2,1-2H3. The molecule has 3 aromatic heterocycles. The quantitative estimate of drug-likeness (QED) is 0.145. The maximum atomic E-state index is 5.22. The van der Waals surface area contributed by atoms with E-state index in [2.05, 4.69) is 126 Å². The van der Waals surface area contributed by atoms with Gasteiger partial charge in [0.05, 0.1) is 22.1 Å². The average molecular weight is 676 g/mol. The minimum Gasteiger partial charge on any atom is -0.309 e. The molecule has 0 unspecified atom stereocenters. The lowest BCUT2D eigenvalue weighted by Crippen LogP contribution is -2.06. The van der Waals surface area contributed by atoms with Gasteiger partial charge >= 0.3 is 0 Å². The third kappa shape index (κ3) is 5.63. The third-order valence-electron chi connectivity index (χ3n) is 10.3. The number of nitrogens with zero attached hydrogens (tertiary/aromatic N) is 5. The molecule has 254 valence electrons. The average Bonchev–Trinajstić information content (AvgIpc) is 3.70. The van der Waals surface area contributed by atoms with Gasteiger partial charge in [-0.3, -0.25) is 4.57 Å². The van der Waals surface area contributed by atoms with Crippen molar-refractivity contribution < 1.29 is 0 Å². The number of unbranched alkanes of at least 4 members (excludes halogenated alkanes) is 2.